The van der Waals surface area contributed by atoms with Crippen LogP contribution in [0.4, 0.5) is 0 Å². The summed E-state index contributed by atoms with van der Waals surface area (Å²) < 4.78 is 2.42. The molecule has 0 saturated carbocycles. The van der Waals surface area contributed by atoms with Crippen LogP contribution in [0.25, 0.3) is 10.1 Å². The van der Waals surface area contributed by atoms with E-state index in [2.05, 4.69) is 51.6 Å². The van der Waals surface area contributed by atoms with Gasteiger partial charge in [-0.25, -0.2) is 0 Å². The lowest BCUT2D eigenvalue weighted by Gasteiger charge is -2.05. The summed E-state index contributed by atoms with van der Waals surface area (Å²) in [6.45, 7) is 0. The van der Waals surface area contributed by atoms with Crippen molar-refractivity contribution < 1.29 is 0 Å². The number of fused-ring (bicyclic) bond motifs is 1. The third-order valence-electron chi connectivity index (χ3n) is 2.63. The maximum Gasteiger partial charge on any atom is 0.0942 e. The van der Waals surface area contributed by atoms with Gasteiger partial charge in [-0.2, -0.15) is 0 Å². The first-order valence-corrected chi connectivity index (χ1v) is 8.03. The summed E-state index contributed by atoms with van der Waals surface area (Å²) in [7, 11) is 0. The molecule has 2 heterocycles. The van der Waals surface area contributed by atoms with E-state index in [0.717, 1.165) is 3.79 Å². The topological polar surface area (TPSA) is 0 Å². The van der Waals surface area contributed by atoms with Crippen molar-refractivity contribution in [3.05, 3.63) is 56.0 Å². The minimum atomic E-state index is -0.0533. The lowest BCUT2D eigenvalue weighted by molar-refractivity contribution is 1.22. The van der Waals surface area contributed by atoms with Gasteiger partial charge in [-0.1, -0.05) is 18.2 Å². The summed E-state index contributed by atoms with van der Waals surface area (Å²) in [6, 6.07) is 12.5. The van der Waals surface area contributed by atoms with Crippen molar-refractivity contribution in [3.63, 3.8) is 0 Å². The molecule has 3 aromatic rings. The first kappa shape index (κ1) is 11.7. The standard InChI is InChI=1S/C13H8BrClS2/c14-12-6-5-11(17-12)13(15)9-7-16-10-4-2-1-3-8(9)10/h1-7,13H. The van der Waals surface area contributed by atoms with Crippen molar-refractivity contribution in [1.82, 2.24) is 0 Å². The average Bonchev–Trinajstić information content (AvgIpc) is 2.94. The Labute approximate surface area is 121 Å². The smallest absolute Gasteiger partial charge is 0.0942 e. The molecule has 1 atom stereocenters. The minimum absolute atomic E-state index is 0.0533. The molecule has 0 bridgehead atoms. The molecule has 1 unspecified atom stereocenters. The lowest BCUT2D eigenvalue weighted by Crippen LogP contribution is -1.87. The molecule has 3 rings (SSSR count). The molecule has 1 aromatic carbocycles. The molecule has 0 fully saturated rings. The van der Waals surface area contributed by atoms with Crippen LogP contribution in [0.2, 0.25) is 0 Å². The predicted molar refractivity (Wildman–Crippen MR) is 81.5 cm³/mol. The van der Waals surface area contributed by atoms with Crippen LogP contribution >= 0.6 is 50.2 Å². The quantitative estimate of drug-likeness (QED) is 0.497. The maximum atomic E-state index is 6.56. The Balaban J connectivity index is 2.09. The van der Waals surface area contributed by atoms with Gasteiger partial charge in [-0.3, -0.25) is 0 Å². The van der Waals surface area contributed by atoms with Crippen molar-refractivity contribution in [1.29, 1.82) is 0 Å². The highest BCUT2D eigenvalue weighted by molar-refractivity contribution is 9.11. The Hall–Kier alpha value is -0.350. The van der Waals surface area contributed by atoms with E-state index < -0.39 is 0 Å². The Kier molecular flexibility index (Phi) is 3.26. The zero-order valence-corrected chi connectivity index (χ0v) is 12.7. The summed E-state index contributed by atoms with van der Waals surface area (Å²) in [5.74, 6) is 0. The molecule has 0 radical (unpaired) electrons. The lowest BCUT2D eigenvalue weighted by atomic mass is 10.1. The molecule has 0 aliphatic rings. The third kappa shape index (κ3) is 2.17. The molecule has 0 aliphatic carbocycles. The summed E-state index contributed by atoms with van der Waals surface area (Å²) in [4.78, 5) is 1.18. The van der Waals surface area contributed by atoms with Gasteiger partial charge in [0.05, 0.1) is 9.16 Å². The van der Waals surface area contributed by atoms with Gasteiger partial charge in [0.25, 0.3) is 0 Å². The van der Waals surface area contributed by atoms with Gasteiger partial charge in [0.2, 0.25) is 0 Å². The number of rotatable bonds is 2. The molecule has 2 aromatic heterocycles. The summed E-state index contributed by atoms with van der Waals surface area (Å²) in [5.41, 5.74) is 1.21. The van der Waals surface area contributed by atoms with Gasteiger partial charge in [-0.15, -0.1) is 34.3 Å². The molecule has 0 aliphatic heterocycles. The molecule has 0 amide bonds. The fourth-order valence-electron chi connectivity index (χ4n) is 1.81. The first-order chi connectivity index (χ1) is 8.25. The zero-order valence-electron chi connectivity index (χ0n) is 8.69. The Bertz CT molecular complexity index is 656. The normalized spacial score (nSPS) is 13.1. The molecule has 17 heavy (non-hydrogen) atoms. The van der Waals surface area contributed by atoms with Gasteiger partial charge in [0.1, 0.15) is 0 Å². The second-order valence-corrected chi connectivity index (χ2v) is 7.53. The highest BCUT2D eigenvalue weighted by atomic mass is 79.9. The van der Waals surface area contributed by atoms with E-state index in [0.29, 0.717) is 0 Å². The molecule has 0 nitrogen and oxygen atoms in total. The van der Waals surface area contributed by atoms with Crippen molar-refractivity contribution in [2.45, 2.75) is 5.38 Å². The van der Waals surface area contributed by atoms with Gasteiger partial charge >= 0.3 is 0 Å². The number of benzene rings is 1. The van der Waals surface area contributed by atoms with Crippen LogP contribution in [0.15, 0.2) is 45.6 Å². The summed E-state index contributed by atoms with van der Waals surface area (Å²) in [5, 5.41) is 3.38. The number of hydrogen-bond donors (Lipinski definition) is 0. The maximum absolute atomic E-state index is 6.56. The highest BCUT2D eigenvalue weighted by Crippen LogP contribution is 2.40. The second-order valence-electron chi connectivity index (χ2n) is 3.69. The largest absolute Gasteiger partial charge is 0.143 e. The summed E-state index contributed by atoms with van der Waals surface area (Å²) in [6.07, 6.45) is 0. The predicted octanol–water partition coefficient (Wildman–Crippen LogP) is 6.05. The van der Waals surface area contributed by atoms with E-state index >= 15 is 0 Å². The van der Waals surface area contributed by atoms with E-state index in [4.69, 9.17) is 11.6 Å². The van der Waals surface area contributed by atoms with Crippen LogP contribution in [-0.2, 0) is 0 Å². The van der Waals surface area contributed by atoms with E-state index in [-0.39, 0.29) is 5.38 Å². The Morgan fingerprint density at radius 3 is 2.71 bits per heavy atom. The second kappa shape index (κ2) is 4.73. The number of alkyl halides is 1. The molecule has 4 heteroatoms. The molecule has 0 spiro atoms. The first-order valence-electron chi connectivity index (χ1n) is 5.11. The molecule has 86 valence electrons. The van der Waals surface area contributed by atoms with Crippen LogP contribution in [0, 0.1) is 0 Å². The molecular weight excluding hydrogens is 336 g/mol. The molecular formula is C13H8BrClS2. The van der Waals surface area contributed by atoms with Crippen molar-refractivity contribution in [3.8, 4) is 0 Å². The van der Waals surface area contributed by atoms with E-state index in [1.54, 1.807) is 22.7 Å². The third-order valence-corrected chi connectivity index (χ3v) is 5.90. The van der Waals surface area contributed by atoms with E-state index in [1.807, 2.05) is 6.07 Å². The van der Waals surface area contributed by atoms with Crippen LogP contribution in [-0.4, -0.2) is 0 Å². The van der Waals surface area contributed by atoms with Crippen molar-refractivity contribution in [2.24, 2.45) is 0 Å². The van der Waals surface area contributed by atoms with E-state index in [9.17, 15) is 0 Å². The van der Waals surface area contributed by atoms with Crippen molar-refractivity contribution >= 4 is 60.3 Å². The number of thiophene rings is 2. The Morgan fingerprint density at radius 2 is 1.94 bits per heavy atom. The monoisotopic (exact) mass is 342 g/mol. The van der Waals surface area contributed by atoms with Gasteiger partial charge in [-0.05, 0) is 50.5 Å². The minimum Gasteiger partial charge on any atom is -0.143 e. The fraction of sp³-hybridized carbons (Fsp3) is 0.0769. The van der Waals surface area contributed by atoms with Crippen molar-refractivity contribution in [2.75, 3.05) is 0 Å². The fourth-order valence-corrected chi connectivity index (χ4v) is 4.68. The van der Waals surface area contributed by atoms with Crippen LogP contribution in [0.3, 0.4) is 0 Å². The number of halogens is 2. The van der Waals surface area contributed by atoms with Gasteiger partial charge in [0, 0.05) is 9.58 Å². The zero-order chi connectivity index (χ0) is 11.8. The van der Waals surface area contributed by atoms with Crippen LogP contribution in [0.1, 0.15) is 15.8 Å². The van der Waals surface area contributed by atoms with Gasteiger partial charge < -0.3 is 0 Å². The average molecular weight is 344 g/mol. The molecule has 0 saturated heterocycles. The number of hydrogen-bond acceptors (Lipinski definition) is 2. The van der Waals surface area contributed by atoms with Crippen LogP contribution < -0.4 is 0 Å². The Morgan fingerprint density at radius 1 is 1.12 bits per heavy atom. The SMILES string of the molecule is ClC(c1ccc(Br)s1)c1csc2ccccc12. The summed E-state index contributed by atoms with van der Waals surface area (Å²) >= 11 is 13.5. The van der Waals surface area contributed by atoms with Gasteiger partial charge in [0.15, 0.2) is 0 Å². The van der Waals surface area contributed by atoms with Crippen LogP contribution in [0.5, 0.6) is 0 Å². The van der Waals surface area contributed by atoms with E-state index in [1.165, 1.54) is 20.5 Å². The highest BCUT2D eigenvalue weighted by Gasteiger charge is 2.16. The molecule has 0 N–H and O–H groups in total.